The molecule has 2 aromatic heterocycles. The van der Waals surface area contributed by atoms with Gasteiger partial charge in [-0.2, -0.15) is 5.10 Å². The number of hydrogen-bond donors (Lipinski definition) is 1. The van der Waals surface area contributed by atoms with Gasteiger partial charge in [-0.15, -0.1) is 0 Å². The number of carbonyl (C=O) groups excluding carboxylic acids is 1. The predicted octanol–water partition coefficient (Wildman–Crippen LogP) is 3.15. The number of benzene rings is 1. The van der Waals surface area contributed by atoms with Gasteiger partial charge in [0.2, 0.25) is 0 Å². The number of ether oxygens (including phenoxy) is 1. The normalized spacial score (nSPS) is 19.1. The molecule has 7 heteroatoms. The Morgan fingerprint density at radius 2 is 2.14 bits per heavy atom. The van der Waals surface area contributed by atoms with E-state index in [1.54, 1.807) is 0 Å². The number of aryl methyl sites for hydroxylation is 1. The summed E-state index contributed by atoms with van der Waals surface area (Å²) in [4.78, 5) is 19.7. The van der Waals surface area contributed by atoms with E-state index < -0.39 is 0 Å². The minimum Gasteiger partial charge on any atom is -0.376 e. The van der Waals surface area contributed by atoms with Gasteiger partial charge in [0.15, 0.2) is 0 Å². The number of imidazole rings is 1. The van der Waals surface area contributed by atoms with E-state index in [4.69, 9.17) is 4.74 Å². The molecule has 152 valence electrons. The van der Waals surface area contributed by atoms with E-state index in [9.17, 15) is 4.79 Å². The Hall–Kier alpha value is -2.67. The number of carbonyl (C=O) groups is 1. The molecule has 1 aliphatic carbocycles. The molecule has 0 bridgehead atoms. The zero-order chi connectivity index (χ0) is 19.8. The lowest BCUT2D eigenvalue weighted by molar-refractivity contribution is 0.0510. The molecule has 1 unspecified atom stereocenters. The molecule has 2 aliphatic rings. The molecule has 5 rings (SSSR count). The Morgan fingerprint density at radius 3 is 2.93 bits per heavy atom. The number of nitrogens with zero attached hydrogens (tertiary/aromatic N) is 4. The average molecular weight is 393 g/mol. The van der Waals surface area contributed by atoms with Crippen LogP contribution in [0, 0.1) is 12.8 Å². The van der Waals surface area contributed by atoms with Crippen LogP contribution in [0.2, 0.25) is 0 Å². The van der Waals surface area contributed by atoms with Crippen LogP contribution in [0.3, 0.4) is 0 Å². The average Bonchev–Trinajstić information content (AvgIpc) is 3.09. The summed E-state index contributed by atoms with van der Waals surface area (Å²) in [5.74, 6) is 1.59. The summed E-state index contributed by atoms with van der Waals surface area (Å²) in [6.07, 6.45) is 4.71. The van der Waals surface area contributed by atoms with Crippen LogP contribution in [0.15, 0.2) is 30.3 Å². The van der Waals surface area contributed by atoms with E-state index in [0.717, 1.165) is 48.5 Å². The molecule has 7 nitrogen and oxygen atoms in total. The third-order valence-corrected chi connectivity index (χ3v) is 5.93. The first kappa shape index (κ1) is 18.4. The monoisotopic (exact) mass is 393 g/mol. The fraction of sp³-hybridized carbons (Fsp3) is 0.500. The highest BCUT2D eigenvalue weighted by Crippen LogP contribution is 2.30. The Morgan fingerprint density at radius 1 is 1.28 bits per heavy atom. The Labute approximate surface area is 170 Å². The molecular formula is C22H27N5O2. The van der Waals surface area contributed by atoms with Crippen molar-refractivity contribution in [2.45, 2.75) is 45.3 Å². The second kappa shape index (κ2) is 7.63. The summed E-state index contributed by atoms with van der Waals surface area (Å²) in [6, 6.07) is 9.97. The summed E-state index contributed by atoms with van der Waals surface area (Å²) < 4.78 is 7.91. The summed E-state index contributed by atoms with van der Waals surface area (Å²) in [7, 11) is 0. The number of amides is 1. The van der Waals surface area contributed by atoms with E-state index in [1.165, 1.54) is 12.8 Å². The molecule has 1 saturated heterocycles. The summed E-state index contributed by atoms with van der Waals surface area (Å²) in [6.45, 7) is 4.90. The number of aromatic nitrogens is 4. The van der Waals surface area contributed by atoms with Gasteiger partial charge in [0.1, 0.15) is 11.5 Å². The van der Waals surface area contributed by atoms with Crippen molar-refractivity contribution in [2.75, 3.05) is 19.7 Å². The van der Waals surface area contributed by atoms with E-state index in [2.05, 4.69) is 25.8 Å². The molecule has 1 amide bonds. The highest BCUT2D eigenvalue weighted by Gasteiger charge is 2.31. The minimum atomic E-state index is 0.00195. The van der Waals surface area contributed by atoms with Crippen molar-refractivity contribution >= 4 is 16.9 Å². The first-order valence-corrected chi connectivity index (χ1v) is 10.5. The maximum Gasteiger partial charge on any atom is 0.274 e. The van der Waals surface area contributed by atoms with Crippen molar-refractivity contribution in [3.05, 3.63) is 47.5 Å². The largest absolute Gasteiger partial charge is 0.376 e. The van der Waals surface area contributed by atoms with Crippen LogP contribution >= 0.6 is 0 Å². The van der Waals surface area contributed by atoms with Gasteiger partial charge in [-0.25, -0.2) is 4.98 Å². The van der Waals surface area contributed by atoms with Gasteiger partial charge in [-0.1, -0.05) is 12.1 Å². The van der Waals surface area contributed by atoms with Crippen LogP contribution in [0.1, 0.15) is 47.7 Å². The van der Waals surface area contributed by atoms with Gasteiger partial charge >= 0.3 is 0 Å². The Bertz CT molecular complexity index is 1010. The van der Waals surface area contributed by atoms with E-state index in [0.29, 0.717) is 24.7 Å². The lowest BCUT2D eigenvalue weighted by Crippen LogP contribution is -2.39. The number of H-pyrrole nitrogens is 1. The fourth-order valence-electron chi connectivity index (χ4n) is 4.17. The Balaban J connectivity index is 1.33. The third-order valence-electron chi connectivity index (χ3n) is 5.93. The lowest BCUT2D eigenvalue weighted by atomic mass is 10.2. The van der Waals surface area contributed by atoms with Crippen molar-refractivity contribution in [2.24, 2.45) is 5.92 Å². The van der Waals surface area contributed by atoms with Gasteiger partial charge in [-0.05, 0) is 56.7 Å². The molecule has 1 aliphatic heterocycles. The third kappa shape index (κ3) is 3.92. The number of fused-ring (bicyclic) bond motifs is 1. The van der Waals surface area contributed by atoms with Crippen LogP contribution in [-0.4, -0.2) is 56.4 Å². The number of hydrogen-bond acceptors (Lipinski definition) is 4. The van der Waals surface area contributed by atoms with Crippen molar-refractivity contribution in [1.29, 1.82) is 0 Å². The smallest absolute Gasteiger partial charge is 0.274 e. The number of aromatic amines is 1. The molecule has 1 saturated carbocycles. The lowest BCUT2D eigenvalue weighted by Gasteiger charge is -2.24. The standard InChI is InChI=1S/C22H27N5O2/c1-15-23-19-6-2-3-7-21(19)27(15)13-17-11-20(25-24-17)22(28)26(12-16-8-9-16)14-18-5-4-10-29-18/h2-3,6-7,11,16,18H,4-5,8-10,12-14H2,1H3,(H,24,25). The number of para-hydroxylation sites is 2. The SMILES string of the molecule is Cc1nc2ccccc2n1Cc1cc(C(=O)N(CC2CC2)CC2CCCO2)n[nH]1. The molecule has 1 N–H and O–H groups in total. The van der Waals surface area contributed by atoms with E-state index >= 15 is 0 Å². The Kier molecular flexibility index (Phi) is 4.83. The quantitative estimate of drug-likeness (QED) is 0.669. The second-order valence-corrected chi connectivity index (χ2v) is 8.30. The summed E-state index contributed by atoms with van der Waals surface area (Å²) in [5, 5.41) is 7.40. The molecule has 0 radical (unpaired) electrons. The second-order valence-electron chi connectivity index (χ2n) is 8.30. The zero-order valence-electron chi connectivity index (χ0n) is 16.8. The highest BCUT2D eigenvalue weighted by molar-refractivity contribution is 5.92. The van der Waals surface area contributed by atoms with Gasteiger partial charge in [0.25, 0.3) is 5.91 Å². The number of rotatable bonds is 7. The van der Waals surface area contributed by atoms with Crippen LogP contribution in [-0.2, 0) is 11.3 Å². The maximum atomic E-state index is 13.2. The van der Waals surface area contributed by atoms with Gasteiger partial charge in [-0.3, -0.25) is 9.89 Å². The topological polar surface area (TPSA) is 76.0 Å². The highest BCUT2D eigenvalue weighted by atomic mass is 16.5. The number of nitrogens with one attached hydrogen (secondary N) is 1. The predicted molar refractivity (Wildman–Crippen MR) is 110 cm³/mol. The molecule has 2 fully saturated rings. The van der Waals surface area contributed by atoms with Crippen molar-refractivity contribution < 1.29 is 9.53 Å². The fourth-order valence-corrected chi connectivity index (χ4v) is 4.17. The van der Waals surface area contributed by atoms with Crippen LogP contribution in [0.25, 0.3) is 11.0 Å². The maximum absolute atomic E-state index is 13.2. The van der Waals surface area contributed by atoms with Crippen LogP contribution in [0.4, 0.5) is 0 Å². The molecular weight excluding hydrogens is 366 g/mol. The van der Waals surface area contributed by atoms with Crippen molar-refractivity contribution in [3.8, 4) is 0 Å². The van der Waals surface area contributed by atoms with Crippen molar-refractivity contribution in [1.82, 2.24) is 24.6 Å². The van der Waals surface area contributed by atoms with Gasteiger partial charge in [0.05, 0.1) is 29.4 Å². The van der Waals surface area contributed by atoms with E-state index in [-0.39, 0.29) is 12.0 Å². The summed E-state index contributed by atoms with van der Waals surface area (Å²) in [5.41, 5.74) is 3.46. The first-order valence-electron chi connectivity index (χ1n) is 10.5. The minimum absolute atomic E-state index is 0.00195. The van der Waals surface area contributed by atoms with E-state index in [1.807, 2.05) is 36.1 Å². The molecule has 1 atom stereocenters. The molecule has 29 heavy (non-hydrogen) atoms. The first-order chi connectivity index (χ1) is 14.2. The summed E-state index contributed by atoms with van der Waals surface area (Å²) >= 11 is 0. The van der Waals surface area contributed by atoms with Crippen molar-refractivity contribution in [3.63, 3.8) is 0 Å². The van der Waals surface area contributed by atoms with Gasteiger partial charge < -0.3 is 14.2 Å². The zero-order valence-corrected chi connectivity index (χ0v) is 16.8. The van der Waals surface area contributed by atoms with Crippen LogP contribution in [0.5, 0.6) is 0 Å². The van der Waals surface area contributed by atoms with Gasteiger partial charge in [0, 0.05) is 19.7 Å². The molecule has 0 spiro atoms. The molecule has 3 heterocycles. The molecule has 3 aromatic rings. The van der Waals surface area contributed by atoms with Crippen LogP contribution < -0.4 is 0 Å². The molecule has 1 aromatic carbocycles.